The van der Waals surface area contributed by atoms with Gasteiger partial charge in [0.25, 0.3) is 0 Å². The molecule has 4 heteroatoms. The summed E-state index contributed by atoms with van der Waals surface area (Å²) < 4.78 is 19.9. The summed E-state index contributed by atoms with van der Waals surface area (Å²) >= 11 is 0. The minimum Gasteiger partial charge on any atom is -0.443 e. The Morgan fingerprint density at radius 3 is 2.61 bits per heavy atom. The van der Waals surface area contributed by atoms with E-state index < -0.39 is 11.7 Å². The zero-order valence-electron chi connectivity index (χ0n) is 11.0. The van der Waals surface area contributed by atoms with Gasteiger partial charge in [-0.1, -0.05) is 0 Å². The SMILES string of the molecule is Cc1cn(C(=O)OC(C)(C)C)c2cc(F)ccc12. The number of hydrogen-bond donors (Lipinski definition) is 0. The van der Waals surface area contributed by atoms with Crippen molar-refractivity contribution in [1.29, 1.82) is 0 Å². The van der Waals surface area contributed by atoms with Crippen molar-refractivity contribution in [2.45, 2.75) is 33.3 Å². The van der Waals surface area contributed by atoms with Gasteiger partial charge < -0.3 is 4.74 Å². The smallest absolute Gasteiger partial charge is 0.419 e. The summed E-state index contributed by atoms with van der Waals surface area (Å²) in [6.45, 7) is 7.26. The second-order valence-electron chi connectivity index (χ2n) is 5.32. The molecule has 0 fully saturated rings. The normalized spacial score (nSPS) is 11.8. The van der Waals surface area contributed by atoms with Crippen molar-refractivity contribution < 1.29 is 13.9 Å². The number of hydrogen-bond acceptors (Lipinski definition) is 2. The molecule has 0 spiro atoms. The highest BCUT2D eigenvalue weighted by molar-refractivity contribution is 5.91. The summed E-state index contributed by atoms with van der Waals surface area (Å²) in [4.78, 5) is 12.0. The summed E-state index contributed by atoms with van der Waals surface area (Å²) in [5, 5.41) is 0.849. The Bertz CT molecular complexity index is 608. The predicted molar refractivity (Wildman–Crippen MR) is 68.3 cm³/mol. The summed E-state index contributed by atoms with van der Waals surface area (Å²) in [6, 6.07) is 4.39. The molecular weight excluding hydrogens is 233 g/mol. The maximum absolute atomic E-state index is 13.3. The largest absolute Gasteiger partial charge is 0.443 e. The summed E-state index contributed by atoms with van der Waals surface area (Å²) in [5.74, 6) is -0.370. The van der Waals surface area contributed by atoms with Crippen LogP contribution in [0.3, 0.4) is 0 Å². The maximum Gasteiger partial charge on any atom is 0.419 e. The Kier molecular flexibility index (Phi) is 2.89. The highest BCUT2D eigenvalue weighted by atomic mass is 19.1. The van der Waals surface area contributed by atoms with E-state index in [9.17, 15) is 9.18 Å². The van der Waals surface area contributed by atoms with Crippen molar-refractivity contribution in [3.8, 4) is 0 Å². The van der Waals surface area contributed by atoms with Gasteiger partial charge in [-0.2, -0.15) is 0 Å². The van der Waals surface area contributed by atoms with E-state index >= 15 is 0 Å². The Hall–Kier alpha value is -1.84. The molecule has 2 rings (SSSR count). The van der Waals surface area contributed by atoms with Gasteiger partial charge in [0.2, 0.25) is 0 Å². The van der Waals surface area contributed by atoms with Crippen LogP contribution in [0.4, 0.5) is 9.18 Å². The summed E-state index contributed by atoms with van der Waals surface area (Å²) in [5.41, 5.74) is 0.868. The van der Waals surface area contributed by atoms with Crippen molar-refractivity contribution >= 4 is 17.0 Å². The molecule has 1 aromatic heterocycles. The van der Waals surface area contributed by atoms with Crippen LogP contribution in [-0.2, 0) is 4.74 Å². The molecule has 96 valence electrons. The lowest BCUT2D eigenvalue weighted by atomic mass is 10.2. The number of nitrogens with zero attached hydrogens (tertiary/aromatic N) is 1. The minimum absolute atomic E-state index is 0.370. The second kappa shape index (κ2) is 4.12. The number of halogens is 1. The molecule has 0 N–H and O–H groups in total. The van der Waals surface area contributed by atoms with Gasteiger partial charge in [-0.3, -0.25) is 4.57 Å². The quantitative estimate of drug-likeness (QED) is 0.709. The van der Waals surface area contributed by atoms with Gasteiger partial charge in [0.1, 0.15) is 11.4 Å². The molecule has 0 unspecified atom stereocenters. The number of fused-ring (bicyclic) bond motifs is 1. The van der Waals surface area contributed by atoms with Crippen molar-refractivity contribution in [1.82, 2.24) is 4.57 Å². The van der Waals surface area contributed by atoms with Crippen LogP contribution in [0.25, 0.3) is 10.9 Å². The second-order valence-corrected chi connectivity index (χ2v) is 5.32. The van der Waals surface area contributed by atoms with E-state index in [1.165, 1.54) is 16.7 Å². The van der Waals surface area contributed by atoms with E-state index in [2.05, 4.69) is 0 Å². The molecule has 0 saturated carbocycles. The molecule has 0 saturated heterocycles. The molecule has 18 heavy (non-hydrogen) atoms. The maximum atomic E-state index is 13.3. The first-order valence-corrected chi connectivity index (χ1v) is 5.78. The first-order chi connectivity index (χ1) is 8.28. The van der Waals surface area contributed by atoms with E-state index in [0.29, 0.717) is 5.52 Å². The topological polar surface area (TPSA) is 31.2 Å². The first-order valence-electron chi connectivity index (χ1n) is 5.78. The number of carbonyl (C=O) groups excluding carboxylic acids is 1. The van der Waals surface area contributed by atoms with Crippen molar-refractivity contribution in [3.63, 3.8) is 0 Å². The predicted octanol–water partition coefficient (Wildman–Crippen LogP) is 3.87. The van der Waals surface area contributed by atoms with Gasteiger partial charge in [0.15, 0.2) is 0 Å². The highest BCUT2D eigenvalue weighted by Gasteiger charge is 2.20. The molecule has 2 aromatic rings. The molecule has 0 radical (unpaired) electrons. The number of benzene rings is 1. The Balaban J connectivity index is 2.51. The summed E-state index contributed by atoms with van der Waals surface area (Å²) in [7, 11) is 0. The monoisotopic (exact) mass is 249 g/mol. The van der Waals surface area contributed by atoms with Gasteiger partial charge in [-0.05, 0) is 51.5 Å². The number of aromatic nitrogens is 1. The number of aryl methyl sites for hydroxylation is 1. The van der Waals surface area contributed by atoms with Crippen LogP contribution in [0.1, 0.15) is 26.3 Å². The lowest BCUT2D eigenvalue weighted by Gasteiger charge is -2.19. The number of rotatable bonds is 0. The average Bonchev–Trinajstić information content (AvgIpc) is 2.53. The van der Waals surface area contributed by atoms with Crippen molar-refractivity contribution in [2.75, 3.05) is 0 Å². The number of ether oxygens (including phenoxy) is 1. The fraction of sp³-hybridized carbons (Fsp3) is 0.357. The molecule has 0 atom stereocenters. The van der Waals surface area contributed by atoms with Crippen LogP contribution >= 0.6 is 0 Å². The van der Waals surface area contributed by atoms with Gasteiger partial charge in [0.05, 0.1) is 5.52 Å². The van der Waals surface area contributed by atoms with Crippen molar-refractivity contribution in [2.24, 2.45) is 0 Å². The molecule has 1 aromatic carbocycles. The van der Waals surface area contributed by atoms with Crippen molar-refractivity contribution in [3.05, 3.63) is 35.8 Å². The Labute approximate surface area is 105 Å². The van der Waals surface area contributed by atoms with E-state index in [1.807, 2.05) is 6.92 Å². The van der Waals surface area contributed by atoms with Crippen LogP contribution in [0, 0.1) is 12.7 Å². The first kappa shape index (κ1) is 12.6. The third kappa shape index (κ3) is 2.37. The third-order valence-electron chi connectivity index (χ3n) is 2.56. The van der Waals surface area contributed by atoms with E-state index in [4.69, 9.17) is 4.74 Å². The van der Waals surface area contributed by atoms with E-state index in [0.717, 1.165) is 10.9 Å². The fourth-order valence-corrected chi connectivity index (χ4v) is 1.83. The van der Waals surface area contributed by atoms with Crippen LogP contribution in [0.5, 0.6) is 0 Å². The van der Waals surface area contributed by atoms with Gasteiger partial charge in [-0.15, -0.1) is 0 Å². The van der Waals surface area contributed by atoms with Gasteiger partial charge in [0, 0.05) is 11.6 Å². The summed E-state index contributed by atoms with van der Waals surface area (Å²) in [6.07, 6.45) is 1.17. The van der Waals surface area contributed by atoms with Gasteiger partial charge in [-0.25, -0.2) is 9.18 Å². The standard InChI is InChI=1S/C14H16FNO2/c1-9-8-16(13(17)18-14(2,3)4)12-7-10(15)5-6-11(9)12/h5-8H,1-4H3. The highest BCUT2D eigenvalue weighted by Crippen LogP contribution is 2.23. The molecule has 0 bridgehead atoms. The zero-order chi connectivity index (χ0) is 13.5. The molecule has 0 amide bonds. The fourth-order valence-electron chi connectivity index (χ4n) is 1.83. The molecular formula is C14H16FNO2. The molecule has 3 nitrogen and oxygen atoms in total. The molecule has 0 aliphatic carbocycles. The van der Waals surface area contributed by atoms with E-state index in [-0.39, 0.29) is 5.82 Å². The van der Waals surface area contributed by atoms with E-state index in [1.54, 1.807) is 33.0 Å². The minimum atomic E-state index is -0.574. The van der Waals surface area contributed by atoms with Crippen LogP contribution in [0.15, 0.2) is 24.4 Å². The lowest BCUT2D eigenvalue weighted by molar-refractivity contribution is 0.0544. The van der Waals surface area contributed by atoms with Crippen LogP contribution in [0.2, 0.25) is 0 Å². The number of carbonyl (C=O) groups is 1. The van der Waals surface area contributed by atoms with Crippen LogP contribution < -0.4 is 0 Å². The molecule has 0 aliphatic rings. The Morgan fingerprint density at radius 1 is 1.33 bits per heavy atom. The lowest BCUT2D eigenvalue weighted by Crippen LogP contribution is -2.26. The molecule has 1 heterocycles. The Morgan fingerprint density at radius 2 is 2.00 bits per heavy atom. The average molecular weight is 249 g/mol. The van der Waals surface area contributed by atoms with Gasteiger partial charge >= 0.3 is 6.09 Å². The zero-order valence-corrected chi connectivity index (χ0v) is 11.0. The van der Waals surface area contributed by atoms with Crippen LogP contribution in [-0.4, -0.2) is 16.3 Å². The third-order valence-corrected chi connectivity index (χ3v) is 2.56. The molecule has 0 aliphatic heterocycles.